The molecule has 1 heterocycles. The maximum atomic E-state index is 13.7. The Labute approximate surface area is 148 Å². The van der Waals surface area contributed by atoms with Gasteiger partial charge >= 0.3 is 11.8 Å². The van der Waals surface area contributed by atoms with Crippen molar-refractivity contribution in [2.75, 3.05) is 20.3 Å². The van der Waals surface area contributed by atoms with Gasteiger partial charge in [-0.25, -0.2) is 4.39 Å². The van der Waals surface area contributed by atoms with E-state index in [1.807, 2.05) is 0 Å². The van der Waals surface area contributed by atoms with E-state index in [9.17, 15) is 9.18 Å². The minimum Gasteiger partial charge on any atom is -0.497 e. The number of carbonyl (C=O) groups is 1. The minimum atomic E-state index is -0.557. The largest absolute Gasteiger partial charge is 0.497 e. The molecule has 0 fully saturated rings. The Kier molecular flexibility index (Phi) is 5.43. The quantitative estimate of drug-likeness (QED) is 0.654. The molecule has 26 heavy (non-hydrogen) atoms. The Morgan fingerprint density at radius 1 is 1.12 bits per heavy atom. The van der Waals surface area contributed by atoms with E-state index in [0.717, 1.165) is 5.75 Å². The van der Waals surface area contributed by atoms with E-state index in [2.05, 4.69) is 15.5 Å². The topological polar surface area (TPSA) is 86.5 Å². The van der Waals surface area contributed by atoms with Gasteiger partial charge in [-0.3, -0.25) is 4.79 Å². The number of nitrogens with one attached hydrogen (secondary N) is 1. The van der Waals surface area contributed by atoms with E-state index in [1.54, 1.807) is 43.5 Å². The molecule has 1 N–H and O–H groups in total. The number of methoxy groups -OCH3 is 1. The van der Waals surface area contributed by atoms with Gasteiger partial charge in [-0.05, 0) is 36.4 Å². The zero-order valence-electron chi connectivity index (χ0n) is 13.9. The molecule has 0 spiro atoms. The lowest BCUT2D eigenvalue weighted by Crippen LogP contribution is -2.28. The van der Waals surface area contributed by atoms with Gasteiger partial charge in [0.2, 0.25) is 0 Å². The molecule has 0 saturated heterocycles. The second kappa shape index (κ2) is 8.11. The van der Waals surface area contributed by atoms with Crippen LogP contribution in [-0.4, -0.2) is 36.4 Å². The van der Waals surface area contributed by atoms with Gasteiger partial charge in [0, 0.05) is 0 Å². The van der Waals surface area contributed by atoms with Crippen LogP contribution in [0.25, 0.3) is 11.5 Å². The van der Waals surface area contributed by atoms with E-state index in [1.165, 1.54) is 12.1 Å². The highest BCUT2D eigenvalue weighted by molar-refractivity contribution is 5.89. The maximum absolute atomic E-state index is 13.7. The number of halogens is 1. The molecule has 2 aromatic carbocycles. The van der Waals surface area contributed by atoms with Crippen LogP contribution in [0.3, 0.4) is 0 Å². The van der Waals surface area contributed by atoms with E-state index >= 15 is 0 Å². The molecule has 0 aliphatic rings. The number of ether oxygens (including phenoxy) is 2. The van der Waals surface area contributed by atoms with Crippen LogP contribution in [0.2, 0.25) is 0 Å². The minimum absolute atomic E-state index is 0.0530. The highest BCUT2D eigenvalue weighted by atomic mass is 19.1. The molecule has 1 aromatic heterocycles. The van der Waals surface area contributed by atoms with Crippen LogP contribution in [0, 0.1) is 5.82 Å². The van der Waals surface area contributed by atoms with Crippen LogP contribution < -0.4 is 14.8 Å². The van der Waals surface area contributed by atoms with Crippen LogP contribution in [0.1, 0.15) is 10.7 Å². The molecular weight excluding hydrogens is 341 g/mol. The molecule has 3 rings (SSSR count). The van der Waals surface area contributed by atoms with Gasteiger partial charge in [0.25, 0.3) is 5.89 Å². The van der Waals surface area contributed by atoms with Gasteiger partial charge in [0.1, 0.15) is 23.9 Å². The lowest BCUT2D eigenvalue weighted by Gasteiger charge is -2.07. The van der Waals surface area contributed by atoms with Crippen molar-refractivity contribution in [3.63, 3.8) is 0 Å². The van der Waals surface area contributed by atoms with Crippen LogP contribution in [0.15, 0.2) is 52.9 Å². The molecule has 0 unspecified atom stereocenters. The van der Waals surface area contributed by atoms with E-state index in [-0.39, 0.29) is 30.5 Å². The third-order valence-electron chi connectivity index (χ3n) is 3.44. The van der Waals surface area contributed by atoms with Crippen molar-refractivity contribution in [3.05, 3.63) is 60.2 Å². The molecular formula is C18H16FN3O4. The maximum Gasteiger partial charge on any atom is 0.308 e. The van der Waals surface area contributed by atoms with Gasteiger partial charge < -0.3 is 19.2 Å². The van der Waals surface area contributed by atoms with Crippen LogP contribution >= 0.6 is 0 Å². The molecule has 0 aliphatic heterocycles. The molecule has 8 heteroatoms. The molecule has 0 aliphatic carbocycles. The standard InChI is InChI=1S/C18H16FN3O4/c1-24-12-6-8-13(9-7-12)25-11-10-20-16(23)18-22-21-17(26-18)14-4-2-3-5-15(14)19/h2-9H,10-11H2,1H3,(H,20,23). The first-order valence-corrected chi connectivity index (χ1v) is 7.81. The number of carbonyl (C=O) groups excluding carboxylic acids is 1. The summed E-state index contributed by atoms with van der Waals surface area (Å²) in [5.74, 6) is 0.0252. The Morgan fingerprint density at radius 3 is 2.58 bits per heavy atom. The molecule has 3 aromatic rings. The lowest BCUT2D eigenvalue weighted by atomic mass is 10.2. The van der Waals surface area contributed by atoms with Crippen molar-refractivity contribution in [2.24, 2.45) is 0 Å². The summed E-state index contributed by atoms with van der Waals surface area (Å²) in [5.41, 5.74) is 0.141. The zero-order chi connectivity index (χ0) is 18.4. The number of nitrogens with zero attached hydrogens (tertiary/aromatic N) is 2. The third-order valence-corrected chi connectivity index (χ3v) is 3.44. The second-order valence-electron chi connectivity index (χ2n) is 5.17. The van der Waals surface area contributed by atoms with E-state index in [0.29, 0.717) is 5.75 Å². The van der Waals surface area contributed by atoms with Crippen molar-refractivity contribution >= 4 is 5.91 Å². The summed E-state index contributed by atoms with van der Waals surface area (Å²) < 4.78 is 29.5. The summed E-state index contributed by atoms with van der Waals surface area (Å²) in [6, 6.07) is 13.0. The number of aromatic nitrogens is 2. The highest BCUT2D eigenvalue weighted by Crippen LogP contribution is 2.20. The first-order valence-electron chi connectivity index (χ1n) is 7.81. The van der Waals surface area contributed by atoms with Crippen molar-refractivity contribution in [3.8, 4) is 23.0 Å². The number of amides is 1. The summed E-state index contributed by atoms with van der Waals surface area (Å²) in [5, 5.41) is 9.93. The number of hydrogen-bond donors (Lipinski definition) is 1. The number of hydrogen-bond acceptors (Lipinski definition) is 6. The Bertz CT molecular complexity index is 880. The fraction of sp³-hybridized carbons (Fsp3) is 0.167. The highest BCUT2D eigenvalue weighted by Gasteiger charge is 2.17. The average molecular weight is 357 g/mol. The Balaban J connectivity index is 1.50. The SMILES string of the molecule is COc1ccc(OCCNC(=O)c2nnc(-c3ccccc3F)o2)cc1. The monoisotopic (exact) mass is 357 g/mol. The Morgan fingerprint density at radius 2 is 1.85 bits per heavy atom. The Hall–Kier alpha value is -3.42. The molecule has 0 atom stereocenters. The van der Waals surface area contributed by atoms with Gasteiger partial charge in [0.05, 0.1) is 19.2 Å². The van der Waals surface area contributed by atoms with E-state index < -0.39 is 11.7 Å². The van der Waals surface area contributed by atoms with Gasteiger partial charge in [-0.15, -0.1) is 10.2 Å². The van der Waals surface area contributed by atoms with Crippen LogP contribution in [-0.2, 0) is 0 Å². The lowest BCUT2D eigenvalue weighted by molar-refractivity contribution is 0.0913. The summed E-state index contributed by atoms with van der Waals surface area (Å²) in [7, 11) is 1.58. The normalized spacial score (nSPS) is 10.4. The molecule has 0 bridgehead atoms. The molecule has 134 valence electrons. The second-order valence-corrected chi connectivity index (χ2v) is 5.17. The van der Waals surface area contributed by atoms with E-state index in [4.69, 9.17) is 13.9 Å². The molecule has 1 amide bonds. The zero-order valence-corrected chi connectivity index (χ0v) is 13.9. The van der Waals surface area contributed by atoms with Gasteiger partial charge in [0.15, 0.2) is 0 Å². The van der Waals surface area contributed by atoms with Gasteiger partial charge in [-0.1, -0.05) is 12.1 Å². The van der Waals surface area contributed by atoms with Crippen LogP contribution in [0.5, 0.6) is 11.5 Å². The summed E-state index contributed by atoms with van der Waals surface area (Å²) in [6.07, 6.45) is 0. The number of benzene rings is 2. The average Bonchev–Trinajstić information content (AvgIpc) is 3.16. The third kappa shape index (κ3) is 4.15. The fourth-order valence-corrected chi connectivity index (χ4v) is 2.14. The molecule has 7 nitrogen and oxygen atoms in total. The number of rotatable bonds is 7. The van der Waals surface area contributed by atoms with Crippen molar-refractivity contribution in [1.82, 2.24) is 15.5 Å². The molecule has 0 radical (unpaired) electrons. The van der Waals surface area contributed by atoms with Crippen LogP contribution in [0.4, 0.5) is 4.39 Å². The van der Waals surface area contributed by atoms with Crippen molar-refractivity contribution < 1.29 is 23.1 Å². The predicted octanol–water partition coefficient (Wildman–Crippen LogP) is 2.69. The first-order chi connectivity index (χ1) is 12.7. The summed E-state index contributed by atoms with van der Waals surface area (Å²) >= 11 is 0. The first kappa shape index (κ1) is 17.4. The smallest absolute Gasteiger partial charge is 0.308 e. The van der Waals surface area contributed by atoms with Crippen molar-refractivity contribution in [1.29, 1.82) is 0 Å². The van der Waals surface area contributed by atoms with Crippen molar-refractivity contribution in [2.45, 2.75) is 0 Å². The van der Waals surface area contributed by atoms with Gasteiger partial charge in [-0.2, -0.15) is 0 Å². The fourth-order valence-electron chi connectivity index (χ4n) is 2.14. The predicted molar refractivity (Wildman–Crippen MR) is 90.5 cm³/mol. The molecule has 0 saturated carbocycles. The summed E-state index contributed by atoms with van der Waals surface area (Å²) in [4.78, 5) is 12.0. The summed E-state index contributed by atoms with van der Waals surface area (Å²) in [6.45, 7) is 0.495.